The van der Waals surface area contributed by atoms with Gasteiger partial charge in [0.25, 0.3) is 0 Å². The monoisotopic (exact) mass is 254 g/mol. The number of carbonyl (C=O) groups excluding carboxylic acids is 1. The fourth-order valence-electron chi connectivity index (χ4n) is 1.54. The van der Waals surface area contributed by atoms with E-state index in [0.29, 0.717) is 12.1 Å². The maximum absolute atomic E-state index is 11.7. The molecule has 7 nitrogen and oxygen atoms in total. The number of aromatic nitrogens is 2. The van der Waals surface area contributed by atoms with Crippen LogP contribution in [0, 0.1) is 0 Å². The van der Waals surface area contributed by atoms with E-state index in [1.54, 1.807) is 17.9 Å². The van der Waals surface area contributed by atoms with Crippen LogP contribution in [0.3, 0.4) is 0 Å². The van der Waals surface area contributed by atoms with Gasteiger partial charge in [0.1, 0.15) is 0 Å². The number of hydrogen-bond acceptors (Lipinski definition) is 4. The van der Waals surface area contributed by atoms with Crippen molar-refractivity contribution in [3.8, 4) is 0 Å². The number of aryl methyl sites for hydroxylation is 2. The number of anilines is 1. The van der Waals surface area contributed by atoms with E-state index in [1.807, 2.05) is 6.92 Å². The van der Waals surface area contributed by atoms with Gasteiger partial charge in [-0.2, -0.15) is 5.10 Å². The third-order valence-corrected chi connectivity index (χ3v) is 2.50. The zero-order valence-electron chi connectivity index (χ0n) is 10.5. The van der Waals surface area contributed by atoms with E-state index < -0.39 is 12.0 Å². The van der Waals surface area contributed by atoms with Crippen molar-refractivity contribution in [3.05, 3.63) is 11.9 Å². The topological polar surface area (TPSA) is 110 Å². The number of amides is 1. The minimum atomic E-state index is -0.964. The molecule has 7 heteroatoms. The Morgan fingerprint density at radius 2 is 2.28 bits per heavy atom. The zero-order valence-corrected chi connectivity index (χ0v) is 10.5. The molecule has 1 heterocycles. The number of aliphatic carboxylic acids is 1. The Morgan fingerprint density at radius 1 is 1.61 bits per heavy atom. The molecule has 1 amide bonds. The molecule has 0 saturated carbocycles. The van der Waals surface area contributed by atoms with E-state index in [-0.39, 0.29) is 18.7 Å². The Balaban J connectivity index is 2.60. The van der Waals surface area contributed by atoms with Crippen LogP contribution in [-0.4, -0.2) is 32.8 Å². The van der Waals surface area contributed by atoms with E-state index in [2.05, 4.69) is 10.4 Å². The number of nitrogens with zero attached hydrogens (tertiary/aromatic N) is 2. The molecule has 0 bridgehead atoms. The summed E-state index contributed by atoms with van der Waals surface area (Å²) in [4.78, 5) is 22.1. The van der Waals surface area contributed by atoms with Crippen molar-refractivity contribution in [1.82, 2.24) is 9.78 Å². The number of carbonyl (C=O) groups is 2. The first-order chi connectivity index (χ1) is 8.43. The van der Waals surface area contributed by atoms with Crippen molar-refractivity contribution in [2.75, 3.05) is 5.32 Å². The quantitative estimate of drug-likeness (QED) is 0.667. The van der Waals surface area contributed by atoms with Crippen LogP contribution in [0.1, 0.15) is 25.5 Å². The Morgan fingerprint density at radius 3 is 2.83 bits per heavy atom. The first-order valence-corrected chi connectivity index (χ1v) is 5.74. The Kier molecular flexibility index (Phi) is 4.85. The number of carboxylic acid groups (broad SMARTS) is 1. The molecule has 4 N–H and O–H groups in total. The number of hydrogen-bond donors (Lipinski definition) is 3. The van der Waals surface area contributed by atoms with Crippen LogP contribution in [0.25, 0.3) is 0 Å². The second-order valence-corrected chi connectivity index (χ2v) is 4.04. The summed E-state index contributed by atoms with van der Waals surface area (Å²) in [5, 5.41) is 15.4. The molecule has 0 aliphatic carbocycles. The van der Waals surface area contributed by atoms with Crippen molar-refractivity contribution in [2.24, 2.45) is 12.8 Å². The van der Waals surface area contributed by atoms with E-state index >= 15 is 0 Å². The third-order valence-electron chi connectivity index (χ3n) is 2.50. The standard InChI is InChI=1S/C11H18N4O3/c1-3-8-9(6-15(2)14-8)13-11(18)7(12)4-5-10(16)17/h6-7H,3-5,12H2,1-2H3,(H,13,18)(H,16,17). The summed E-state index contributed by atoms with van der Waals surface area (Å²) in [7, 11) is 1.76. The SMILES string of the molecule is CCc1nn(C)cc1NC(=O)C(N)CCC(=O)O. The van der Waals surface area contributed by atoms with Crippen molar-refractivity contribution in [1.29, 1.82) is 0 Å². The van der Waals surface area contributed by atoms with Crippen LogP contribution >= 0.6 is 0 Å². The van der Waals surface area contributed by atoms with Gasteiger partial charge in [0.05, 0.1) is 17.4 Å². The maximum atomic E-state index is 11.7. The summed E-state index contributed by atoms with van der Waals surface area (Å²) in [6, 6.07) is -0.828. The molecule has 0 fully saturated rings. The second kappa shape index (κ2) is 6.15. The number of nitrogens with one attached hydrogen (secondary N) is 1. The molecule has 1 atom stereocenters. The molecule has 0 aromatic carbocycles. The number of rotatable bonds is 6. The van der Waals surface area contributed by atoms with Gasteiger partial charge in [-0.1, -0.05) is 6.92 Å². The lowest BCUT2D eigenvalue weighted by Gasteiger charge is -2.10. The summed E-state index contributed by atoms with van der Waals surface area (Å²) in [6.07, 6.45) is 2.38. The van der Waals surface area contributed by atoms with E-state index in [0.717, 1.165) is 5.69 Å². The van der Waals surface area contributed by atoms with Gasteiger partial charge < -0.3 is 16.2 Å². The average Bonchev–Trinajstić information content (AvgIpc) is 2.66. The molecule has 1 aromatic rings. The van der Waals surface area contributed by atoms with Crippen molar-refractivity contribution < 1.29 is 14.7 Å². The molecule has 100 valence electrons. The molecule has 0 aliphatic heterocycles. The minimum absolute atomic E-state index is 0.114. The average molecular weight is 254 g/mol. The molecule has 18 heavy (non-hydrogen) atoms. The lowest BCUT2D eigenvalue weighted by molar-refractivity contribution is -0.137. The van der Waals surface area contributed by atoms with Crippen LogP contribution < -0.4 is 11.1 Å². The first kappa shape index (κ1) is 14.2. The minimum Gasteiger partial charge on any atom is -0.481 e. The highest BCUT2D eigenvalue weighted by Gasteiger charge is 2.17. The van der Waals surface area contributed by atoms with Gasteiger partial charge in [0.15, 0.2) is 0 Å². The summed E-state index contributed by atoms with van der Waals surface area (Å²) < 4.78 is 1.61. The first-order valence-electron chi connectivity index (χ1n) is 5.74. The lowest BCUT2D eigenvalue weighted by atomic mass is 10.1. The largest absolute Gasteiger partial charge is 0.481 e. The lowest BCUT2D eigenvalue weighted by Crippen LogP contribution is -2.36. The van der Waals surface area contributed by atoms with Gasteiger partial charge in [-0.25, -0.2) is 0 Å². The van der Waals surface area contributed by atoms with Crippen molar-refractivity contribution in [3.63, 3.8) is 0 Å². The molecule has 0 aliphatic rings. The second-order valence-electron chi connectivity index (χ2n) is 4.04. The van der Waals surface area contributed by atoms with Gasteiger partial charge in [-0.15, -0.1) is 0 Å². The Bertz CT molecular complexity index is 441. The summed E-state index contributed by atoms with van der Waals surface area (Å²) in [5.41, 5.74) is 7.00. The smallest absolute Gasteiger partial charge is 0.303 e. The van der Waals surface area contributed by atoms with Crippen LogP contribution in [0.5, 0.6) is 0 Å². The number of nitrogens with two attached hydrogens (primary N) is 1. The molecular formula is C11H18N4O3. The van der Waals surface area contributed by atoms with Gasteiger partial charge in [0, 0.05) is 19.7 Å². The molecule has 1 unspecified atom stereocenters. The van der Waals surface area contributed by atoms with Crippen LogP contribution in [0.15, 0.2) is 6.20 Å². The molecule has 0 saturated heterocycles. The number of carboxylic acids is 1. The Labute approximate surface area is 105 Å². The predicted octanol–water partition coefficient (Wildman–Crippen LogP) is 0.113. The molecule has 1 aromatic heterocycles. The molecule has 0 spiro atoms. The summed E-state index contributed by atoms with van der Waals surface area (Å²) in [5.74, 6) is -1.35. The van der Waals surface area contributed by atoms with E-state index in [9.17, 15) is 9.59 Å². The zero-order chi connectivity index (χ0) is 13.7. The predicted molar refractivity (Wildman–Crippen MR) is 66.1 cm³/mol. The maximum Gasteiger partial charge on any atom is 0.303 e. The van der Waals surface area contributed by atoms with Crippen molar-refractivity contribution in [2.45, 2.75) is 32.2 Å². The van der Waals surface area contributed by atoms with Crippen LogP contribution in [0.2, 0.25) is 0 Å². The summed E-state index contributed by atoms with van der Waals surface area (Å²) in [6.45, 7) is 1.93. The van der Waals surface area contributed by atoms with Gasteiger partial charge in [0.2, 0.25) is 5.91 Å². The molecular weight excluding hydrogens is 236 g/mol. The van der Waals surface area contributed by atoms with Gasteiger partial charge >= 0.3 is 5.97 Å². The van der Waals surface area contributed by atoms with Gasteiger partial charge in [-0.05, 0) is 12.8 Å². The third kappa shape index (κ3) is 3.85. The summed E-state index contributed by atoms with van der Waals surface area (Å²) >= 11 is 0. The highest BCUT2D eigenvalue weighted by Crippen LogP contribution is 2.14. The van der Waals surface area contributed by atoms with Crippen molar-refractivity contribution >= 4 is 17.6 Å². The van der Waals surface area contributed by atoms with Crippen LogP contribution in [-0.2, 0) is 23.1 Å². The van der Waals surface area contributed by atoms with Crippen LogP contribution in [0.4, 0.5) is 5.69 Å². The fourth-order valence-corrected chi connectivity index (χ4v) is 1.54. The molecule has 1 rings (SSSR count). The normalized spacial score (nSPS) is 12.2. The van der Waals surface area contributed by atoms with Gasteiger partial charge in [-0.3, -0.25) is 14.3 Å². The highest BCUT2D eigenvalue weighted by molar-refractivity contribution is 5.95. The van der Waals surface area contributed by atoms with E-state index in [1.165, 1.54) is 0 Å². The van der Waals surface area contributed by atoms with E-state index in [4.69, 9.17) is 10.8 Å². The fraction of sp³-hybridized carbons (Fsp3) is 0.545. The highest BCUT2D eigenvalue weighted by atomic mass is 16.4. The molecule has 0 radical (unpaired) electrons. The Hall–Kier alpha value is -1.89.